The van der Waals surface area contributed by atoms with Gasteiger partial charge in [-0.15, -0.1) is 0 Å². The third kappa shape index (κ3) is 8.54. The fraction of sp³-hybridized carbons (Fsp3) is 0.467. The molecule has 0 aromatic heterocycles. The number of piperidine rings is 1. The number of aromatic carboxylic acids is 1. The Hall–Kier alpha value is -3.92. The van der Waals surface area contributed by atoms with E-state index in [1.54, 1.807) is 62.1 Å². The summed E-state index contributed by atoms with van der Waals surface area (Å²) in [6.07, 6.45) is -0.550. The Labute approximate surface area is 234 Å². The number of rotatable bonds is 9. The maximum atomic E-state index is 13.3. The molecule has 2 aromatic carbocycles. The lowest BCUT2D eigenvalue weighted by atomic mass is 9.84. The lowest BCUT2D eigenvalue weighted by molar-refractivity contribution is -0.123. The zero-order valence-corrected chi connectivity index (χ0v) is 23.7. The molecule has 0 unspecified atom stereocenters. The minimum absolute atomic E-state index is 0.0872. The van der Waals surface area contributed by atoms with Crippen molar-refractivity contribution in [1.82, 2.24) is 10.6 Å². The summed E-state index contributed by atoms with van der Waals surface area (Å²) in [6, 6.07) is 12.8. The summed E-state index contributed by atoms with van der Waals surface area (Å²) in [5.74, 6) is -1.55. The minimum atomic E-state index is -1.01. The van der Waals surface area contributed by atoms with Crippen molar-refractivity contribution in [2.24, 2.45) is 0 Å². The Morgan fingerprint density at radius 1 is 1.02 bits per heavy atom. The standard InChI is InChI=1S/C30H39N3O7/c1-29(2,3)40-28(39)32-24(16-19-6-12-22(13-7-19)33-15-14-23(34)17-25(33)35)26(36)31-18-30(4,5)21-10-8-20(9-11-21)27(37)38/h6-13,23-24,34H,14-18H2,1-5H3,(H,31,36)(H,32,39)(H,37,38)/t23-,24-/m0/s1. The van der Waals surface area contributed by atoms with Crippen LogP contribution in [0.25, 0.3) is 0 Å². The Balaban J connectivity index is 1.72. The van der Waals surface area contributed by atoms with Crippen LogP contribution < -0.4 is 15.5 Å². The number of carboxylic acids is 1. The molecule has 3 amide bonds. The number of nitrogens with zero attached hydrogens (tertiary/aromatic N) is 1. The van der Waals surface area contributed by atoms with Gasteiger partial charge in [-0.05, 0) is 62.6 Å². The maximum Gasteiger partial charge on any atom is 0.408 e. The first kappa shape index (κ1) is 30.6. The van der Waals surface area contributed by atoms with Gasteiger partial charge in [-0.1, -0.05) is 38.1 Å². The molecular weight excluding hydrogens is 514 g/mol. The van der Waals surface area contributed by atoms with Gasteiger partial charge >= 0.3 is 12.1 Å². The van der Waals surface area contributed by atoms with Gasteiger partial charge in [0.25, 0.3) is 0 Å². The number of carbonyl (C=O) groups excluding carboxylic acids is 3. The molecule has 4 N–H and O–H groups in total. The molecule has 1 aliphatic rings. The highest BCUT2D eigenvalue weighted by Gasteiger charge is 2.29. The van der Waals surface area contributed by atoms with Crippen molar-refractivity contribution in [2.75, 3.05) is 18.0 Å². The number of alkyl carbamates (subject to hydrolysis) is 1. The zero-order chi connectivity index (χ0) is 29.7. The molecule has 10 heteroatoms. The smallest absolute Gasteiger partial charge is 0.408 e. The SMILES string of the molecule is CC(C)(C)OC(=O)N[C@@H](Cc1ccc(N2CC[C@H](O)CC2=O)cc1)C(=O)NCC(C)(C)c1ccc(C(=O)O)cc1. The summed E-state index contributed by atoms with van der Waals surface area (Å²) < 4.78 is 5.38. The topological polar surface area (TPSA) is 145 Å². The van der Waals surface area contributed by atoms with Crippen molar-refractivity contribution < 1.29 is 34.1 Å². The quantitative estimate of drug-likeness (QED) is 0.372. The van der Waals surface area contributed by atoms with E-state index in [4.69, 9.17) is 9.84 Å². The first-order valence-corrected chi connectivity index (χ1v) is 13.3. The predicted octanol–water partition coefficient (Wildman–Crippen LogP) is 3.40. The van der Waals surface area contributed by atoms with Crippen LogP contribution >= 0.6 is 0 Å². The average Bonchev–Trinajstić information content (AvgIpc) is 2.86. The molecule has 1 aliphatic heterocycles. The number of ether oxygens (including phenoxy) is 1. The van der Waals surface area contributed by atoms with Crippen LogP contribution in [0.4, 0.5) is 10.5 Å². The zero-order valence-electron chi connectivity index (χ0n) is 23.7. The van der Waals surface area contributed by atoms with Crippen molar-refractivity contribution in [3.8, 4) is 0 Å². The normalized spacial score (nSPS) is 16.7. The molecule has 10 nitrogen and oxygen atoms in total. The average molecular weight is 554 g/mol. The van der Waals surface area contributed by atoms with Gasteiger partial charge in [0.15, 0.2) is 0 Å². The molecule has 0 aliphatic carbocycles. The number of benzene rings is 2. The largest absolute Gasteiger partial charge is 0.478 e. The summed E-state index contributed by atoms with van der Waals surface area (Å²) in [5.41, 5.74) is 1.25. The van der Waals surface area contributed by atoms with Crippen LogP contribution in [0.3, 0.4) is 0 Å². The fourth-order valence-electron chi connectivity index (χ4n) is 4.39. The molecule has 216 valence electrons. The fourth-order valence-corrected chi connectivity index (χ4v) is 4.39. The molecular formula is C30H39N3O7. The maximum absolute atomic E-state index is 13.3. The van der Waals surface area contributed by atoms with E-state index in [0.717, 1.165) is 11.1 Å². The lowest BCUT2D eigenvalue weighted by Crippen LogP contribution is -2.51. The molecule has 40 heavy (non-hydrogen) atoms. The minimum Gasteiger partial charge on any atom is -0.478 e. The lowest BCUT2D eigenvalue weighted by Gasteiger charge is -2.30. The second-order valence-corrected chi connectivity index (χ2v) is 11.7. The number of hydrogen-bond donors (Lipinski definition) is 4. The van der Waals surface area contributed by atoms with E-state index >= 15 is 0 Å². The Morgan fingerprint density at radius 3 is 2.20 bits per heavy atom. The van der Waals surface area contributed by atoms with Crippen LogP contribution in [0.2, 0.25) is 0 Å². The molecule has 0 spiro atoms. The van der Waals surface area contributed by atoms with Gasteiger partial charge in [-0.25, -0.2) is 9.59 Å². The van der Waals surface area contributed by atoms with Gasteiger partial charge in [-0.3, -0.25) is 9.59 Å². The summed E-state index contributed by atoms with van der Waals surface area (Å²) in [7, 11) is 0. The Bertz CT molecular complexity index is 1220. The summed E-state index contributed by atoms with van der Waals surface area (Å²) >= 11 is 0. The number of carboxylic acid groups (broad SMARTS) is 1. The number of aliphatic hydroxyl groups is 1. The first-order valence-electron chi connectivity index (χ1n) is 13.3. The van der Waals surface area contributed by atoms with Crippen molar-refractivity contribution in [1.29, 1.82) is 0 Å². The Kier molecular flexibility index (Phi) is 9.57. The third-order valence-electron chi connectivity index (χ3n) is 6.71. The molecule has 1 fully saturated rings. The molecule has 1 saturated heterocycles. The highest BCUT2D eigenvalue weighted by molar-refractivity contribution is 5.94. The molecule has 2 atom stereocenters. The van der Waals surface area contributed by atoms with Crippen LogP contribution in [0.5, 0.6) is 0 Å². The molecule has 3 rings (SSSR count). The van der Waals surface area contributed by atoms with E-state index in [9.17, 15) is 24.3 Å². The van der Waals surface area contributed by atoms with E-state index in [2.05, 4.69) is 10.6 Å². The number of carbonyl (C=O) groups is 4. The van der Waals surface area contributed by atoms with Gasteiger partial charge in [0.1, 0.15) is 11.6 Å². The van der Waals surface area contributed by atoms with E-state index in [1.807, 2.05) is 13.8 Å². The summed E-state index contributed by atoms with van der Waals surface area (Å²) in [6.45, 7) is 9.74. The number of aliphatic hydroxyl groups excluding tert-OH is 1. The van der Waals surface area contributed by atoms with E-state index in [-0.39, 0.29) is 30.9 Å². The van der Waals surface area contributed by atoms with Gasteiger partial charge in [0.05, 0.1) is 18.1 Å². The molecule has 0 radical (unpaired) electrons. The molecule has 0 bridgehead atoms. The molecule has 1 heterocycles. The van der Waals surface area contributed by atoms with Crippen molar-refractivity contribution in [2.45, 2.75) is 77.0 Å². The van der Waals surface area contributed by atoms with Crippen LogP contribution in [0.1, 0.15) is 68.9 Å². The third-order valence-corrected chi connectivity index (χ3v) is 6.71. The van der Waals surface area contributed by atoms with Crippen LogP contribution in [-0.2, 0) is 26.2 Å². The first-order chi connectivity index (χ1) is 18.6. The van der Waals surface area contributed by atoms with Gasteiger partial charge in [0.2, 0.25) is 11.8 Å². The highest BCUT2D eigenvalue weighted by Crippen LogP contribution is 2.24. The van der Waals surface area contributed by atoms with Gasteiger partial charge in [-0.2, -0.15) is 0 Å². The van der Waals surface area contributed by atoms with E-state index in [1.165, 1.54) is 12.1 Å². The summed E-state index contributed by atoms with van der Waals surface area (Å²) in [4.78, 5) is 51.0. The monoisotopic (exact) mass is 553 g/mol. The van der Waals surface area contributed by atoms with E-state index < -0.39 is 41.1 Å². The van der Waals surface area contributed by atoms with Crippen molar-refractivity contribution in [3.63, 3.8) is 0 Å². The number of amides is 3. The van der Waals surface area contributed by atoms with Gasteiger partial charge in [0, 0.05) is 30.6 Å². The van der Waals surface area contributed by atoms with Crippen LogP contribution in [0, 0.1) is 0 Å². The van der Waals surface area contributed by atoms with Crippen molar-refractivity contribution in [3.05, 3.63) is 65.2 Å². The van der Waals surface area contributed by atoms with Crippen LogP contribution in [0.15, 0.2) is 48.5 Å². The molecule has 0 saturated carbocycles. The number of anilines is 1. The second-order valence-electron chi connectivity index (χ2n) is 11.7. The number of hydrogen-bond acceptors (Lipinski definition) is 6. The Morgan fingerprint density at radius 2 is 1.65 bits per heavy atom. The predicted molar refractivity (Wildman–Crippen MR) is 150 cm³/mol. The highest BCUT2D eigenvalue weighted by atomic mass is 16.6. The van der Waals surface area contributed by atoms with E-state index in [0.29, 0.717) is 18.7 Å². The summed E-state index contributed by atoms with van der Waals surface area (Å²) in [5, 5.41) is 24.5. The second kappa shape index (κ2) is 12.5. The molecule has 2 aromatic rings. The number of nitrogens with one attached hydrogen (secondary N) is 2. The van der Waals surface area contributed by atoms with Crippen LogP contribution in [-0.4, -0.2) is 64.9 Å². The van der Waals surface area contributed by atoms with Crippen molar-refractivity contribution >= 4 is 29.6 Å². The van der Waals surface area contributed by atoms with Gasteiger partial charge < -0.3 is 30.5 Å².